The molecular formula is C15H18ClF3N2O. The smallest absolute Gasteiger partial charge is 0.322 e. The Balaban J connectivity index is 2.17. The number of hydrogen-bond donors (Lipinski definition) is 1. The third kappa shape index (κ3) is 3.85. The van der Waals surface area contributed by atoms with Crippen LogP contribution in [0, 0.1) is 0 Å². The van der Waals surface area contributed by atoms with E-state index in [0.29, 0.717) is 6.54 Å². The first-order chi connectivity index (χ1) is 10.3. The Morgan fingerprint density at radius 2 is 2.14 bits per heavy atom. The summed E-state index contributed by atoms with van der Waals surface area (Å²) in [5, 5.41) is 2.60. The van der Waals surface area contributed by atoms with Crippen LogP contribution in [0.5, 0.6) is 0 Å². The van der Waals surface area contributed by atoms with Crippen molar-refractivity contribution in [3.05, 3.63) is 28.8 Å². The lowest BCUT2D eigenvalue weighted by Gasteiger charge is -2.35. The molecule has 0 aliphatic carbocycles. The molecule has 1 fully saturated rings. The van der Waals surface area contributed by atoms with E-state index in [4.69, 9.17) is 11.6 Å². The Bertz CT molecular complexity index is 548. The number of carbonyl (C=O) groups excluding carboxylic acids is 1. The lowest BCUT2D eigenvalue weighted by atomic mass is 10.0. The highest BCUT2D eigenvalue weighted by molar-refractivity contribution is 6.33. The quantitative estimate of drug-likeness (QED) is 0.796. The molecule has 0 aromatic heterocycles. The van der Waals surface area contributed by atoms with Gasteiger partial charge in [0.2, 0.25) is 0 Å². The molecule has 0 saturated carbocycles. The van der Waals surface area contributed by atoms with Crippen molar-refractivity contribution in [2.45, 2.75) is 44.8 Å². The molecule has 1 aromatic rings. The Morgan fingerprint density at radius 1 is 1.41 bits per heavy atom. The second-order valence-corrected chi connectivity index (χ2v) is 5.78. The number of nitrogens with one attached hydrogen (secondary N) is 1. The van der Waals surface area contributed by atoms with Crippen molar-refractivity contribution >= 4 is 23.3 Å². The first-order valence-electron chi connectivity index (χ1n) is 7.27. The van der Waals surface area contributed by atoms with Gasteiger partial charge in [0, 0.05) is 12.6 Å². The van der Waals surface area contributed by atoms with Crippen LogP contribution in [0.25, 0.3) is 0 Å². The molecule has 1 atom stereocenters. The highest BCUT2D eigenvalue weighted by Crippen LogP contribution is 2.34. The summed E-state index contributed by atoms with van der Waals surface area (Å²) in [6, 6.07) is 2.64. The van der Waals surface area contributed by atoms with Gasteiger partial charge in [0.05, 0.1) is 16.3 Å². The van der Waals surface area contributed by atoms with Gasteiger partial charge in [0.25, 0.3) is 0 Å². The van der Waals surface area contributed by atoms with Gasteiger partial charge in [0.15, 0.2) is 0 Å². The summed E-state index contributed by atoms with van der Waals surface area (Å²) in [7, 11) is 0. The molecule has 122 valence electrons. The molecule has 0 spiro atoms. The van der Waals surface area contributed by atoms with E-state index in [9.17, 15) is 18.0 Å². The van der Waals surface area contributed by atoms with E-state index in [1.54, 1.807) is 4.90 Å². The number of rotatable bonds is 2. The second-order valence-electron chi connectivity index (χ2n) is 5.37. The van der Waals surface area contributed by atoms with E-state index in [0.717, 1.165) is 43.9 Å². The van der Waals surface area contributed by atoms with Crippen molar-refractivity contribution in [3.63, 3.8) is 0 Å². The minimum absolute atomic E-state index is 0.0121. The van der Waals surface area contributed by atoms with Crippen LogP contribution in [0.3, 0.4) is 0 Å². The molecule has 22 heavy (non-hydrogen) atoms. The SMILES string of the molecule is CCC1CCCCN1C(=O)Nc1cc(C(F)(F)F)ccc1Cl. The van der Waals surface area contributed by atoms with Crippen molar-refractivity contribution in [1.82, 2.24) is 4.90 Å². The van der Waals surface area contributed by atoms with Gasteiger partial charge in [0.1, 0.15) is 0 Å². The standard InChI is InChI=1S/C15H18ClF3N2O/c1-2-11-5-3-4-8-21(11)14(22)20-13-9-10(15(17,18)19)6-7-12(13)16/h6-7,9,11H,2-5,8H2,1H3,(H,20,22). The van der Waals surface area contributed by atoms with E-state index in [2.05, 4.69) is 5.32 Å². The van der Waals surface area contributed by atoms with Crippen LogP contribution in [0.4, 0.5) is 23.7 Å². The van der Waals surface area contributed by atoms with E-state index in [-0.39, 0.29) is 16.8 Å². The second kappa shape index (κ2) is 6.77. The zero-order chi connectivity index (χ0) is 16.3. The van der Waals surface area contributed by atoms with Gasteiger partial charge in [-0.25, -0.2) is 4.79 Å². The molecule has 0 bridgehead atoms. The number of hydrogen-bond acceptors (Lipinski definition) is 1. The molecule has 2 rings (SSSR count). The number of benzene rings is 1. The predicted octanol–water partition coefficient (Wildman–Crippen LogP) is 5.16. The molecule has 1 heterocycles. The number of nitrogens with zero attached hydrogens (tertiary/aromatic N) is 1. The van der Waals surface area contributed by atoms with Crippen LogP contribution in [0.2, 0.25) is 5.02 Å². The summed E-state index contributed by atoms with van der Waals surface area (Å²) in [5.41, 5.74) is -0.847. The van der Waals surface area contributed by atoms with Crippen molar-refractivity contribution < 1.29 is 18.0 Å². The van der Waals surface area contributed by atoms with Gasteiger partial charge in [-0.1, -0.05) is 18.5 Å². The normalized spacial score (nSPS) is 19.1. The van der Waals surface area contributed by atoms with Crippen LogP contribution in [0.15, 0.2) is 18.2 Å². The molecule has 2 amide bonds. The zero-order valence-electron chi connectivity index (χ0n) is 12.2. The van der Waals surface area contributed by atoms with Gasteiger partial charge >= 0.3 is 12.2 Å². The van der Waals surface area contributed by atoms with Gasteiger partial charge in [-0.2, -0.15) is 13.2 Å². The van der Waals surface area contributed by atoms with E-state index in [1.807, 2.05) is 6.92 Å². The highest BCUT2D eigenvalue weighted by atomic mass is 35.5. The molecule has 1 aromatic carbocycles. The van der Waals surface area contributed by atoms with E-state index in [1.165, 1.54) is 0 Å². The Labute approximate surface area is 132 Å². The number of piperidine rings is 1. The number of urea groups is 1. The first-order valence-corrected chi connectivity index (χ1v) is 7.65. The predicted molar refractivity (Wildman–Crippen MR) is 80.1 cm³/mol. The lowest BCUT2D eigenvalue weighted by Crippen LogP contribution is -2.45. The Morgan fingerprint density at radius 3 is 2.77 bits per heavy atom. The monoisotopic (exact) mass is 334 g/mol. The molecule has 0 radical (unpaired) electrons. The number of anilines is 1. The number of alkyl halides is 3. The fraction of sp³-hybridized carbons (Fsp3) is 0.533. The van der Waals surface area contributed by atoms with Crippen LogP contribution < -0.4 is 5.32 Å². The van der Waals surface area contributed by atoms with Crippen molar-refractivity contribution in [2.75, 3.05) is 11.9 Å². The maximum Gasteiger partial charge on any atom is 0.416 e. The molecule has 1 saturated heterocycles. The van der Waals surface area contributed by atoms with Crippen LogP contribution >= 0.6 is 11.6 Å². The van der Waals surface area contributed by atoms with Crippen molar-refractivity contribution in [1.29, 1.82) is 0 Å². The fourth-order valence-corrected chi connectivity index (χ4v) is 2.84. The summed E-state index contributed by atoms with van der Waals surface area (Å²) in [6.07, 6.45) is -0.766. The Kier molecular flexibility index (Phi) is 5.21. The van der Waals surface area contributed by atoms with Crippen LogP contribution in [0.1, 0.15) is 38.2 Å². The molecule has 1 unspecified atom stereocenters. The van der Waals surface area contributed by atoms with Gasteiger partial charge in [-0.15, -0.1) is 0 Å². The first kappa shape index (κ1) is 16.9. The maximum absolute atomic E-state index is 12.7. The molecule has 1 N–H and O–H groups in total. The fourth-order valence-electron chi connectivity index (χ4n) is 2.68. The van der Waals surface area contributed by atoms with Crippen molar-refractivity contribution in [2.24, 2.45) is 0 Å². The molecule has 1 aliphatic heterocycles. The maximum atomic E-state index is 12.7. The van der Waals surface area contributed by atoms with Crippen LogP contribution in [-0.2, 0) is 6.18 Å². The summed E-state index contributed by atoms with van der Waals surface area (Å²) < 4.78 is 38.2. The number of halogens is 4. The van der Waals surface area contributed by atoms with Gasteiger partial charge in [-0.3, -0.25) is 0 Å². The average Bonchev–Trinajstić information content (AvgIpc) is 2.48. The number of amides is 2. The topological polar surface area (TPSA) is 32.3 Å². The zero-order valence-corrected chi connectivity index (χ0v) is 13.0. The number of carbonyl (C=O) groups is 1. The minimum atomic E-state index is -4.47. The third-order valence-electron chi connectivity index (χ3n) is 3.89. The average molecular weight is 335 g/mol. The molecular weight excluding hydrogens is 317 g/mol. The van der Waals surface area contributed by atoms with Gasteiger partial charge in [-0.05, 0) is 43.9 Å². The lowest BCUT2D eigenvalue weighted by molar-refractivity contribution is -0.137. The van der Waals surface area contributed by atoms with E-state index >= 15 is 0 Å². The molecule has 3 nitrogen and oxygen atoms in total. The van der Waals surface area contributed by atoms with E-state index < -0.39 is 17.8 Å². The summed E-state index contributed by atoms with van der Waals surface area (Å²) in [4.78, 5) is 14.0. The van der Waals surface area contributed by atoms with Gasteiger partial charge < -0.3 is 10.2 Å². The molecule has 7 heteroatoms. The van der Waals surface area contributed by atoms with Crippen molar-refractivity contribution in [3.8, 4) is 0 Å². The third-order valence-corrected chi connectivity index (χ3v) is 4.22. The minimum Gasteiger partial charge on any atom is -0.322 e. The summed E-state index contributed by atoms with van der Waals surface area (Å²) in [6.45, 7) is 2.61. The summed E-state index contributed by atoms with van der Waals surface area (Å²) in [5.74, 6) is 0. The largest absolute Gasteiger partial charge is 0.416 e. The highest BCUT2D eigenvalue weighted by Gasteiger charge is 2.31. The Hall–Kier alpha value is -1.43. The number of likely N-dealkylation sites (tertiary alicyclic amines) is 1. The summed E-state index contributed by atoms with van der Waals surface area (Å²) >= 11 is 5.90. The molecule has 1 aliphatic rings. The van der Waals surface area contributed by atoms with Crippen LogP contribution in [-0.4, -0.2) is 23.5 Å².